The SMILES string of the molecule is Cc1ccc(-c2ncco2)c(C=O)n1. The van der Waals surface area contributed by atoms with E-state index in [9.17, 15) is 4.79 Å². The van der Waals surface area contributed by atoms with Crippen molar-refractivity contribution < 1.29 is 9.21 Å². The Kier molecular flexibility index (Phi) is 2.10. The third-order valence-corrected chi connectivity index (χ3v) is 1.84. The Morgan fingerprint density at radius 1 is 1.43 bits per heavy atom. The van der Waals surface area contributed by atoms with Crippen LogP contribution in [0.3, 0.4) is 0 Å². The maximum Gasteiger partial charge on any atom is 0.228 e. The fraction of sp³-hybridized carbons (Fsp3) is 0.100. The van der Waals surface area contributed by atoms with Gasteiger partial charge in [-0.2, -0.15) is 0 Å². The molecule has 0 N–H and O–H groups in total. The summed E-state index contributed by atoms with van der Waals surface area (Å²) in [6, 6.07) is 3.59. The summed E-state index contributed by atoms with van der Waals surface area (Å²) in [5.74, 6) is 0.416. The summed E-state index contributed by atoms with van der Waals surface area (Å²) in [4.78, 5) is 18.8. The average Bonchev–Trinajstić information content (AvgIpc) is 2.70. The minimum atomic E-state index is 0.354. The van der Waals surface area contributed by atoms with E-state index in [0.29, 0.717) is 23.4 Å². The largest absolute Gasteiger partial charge is 0.444 e. The summed E-state index contributed by atoms with van der Waals surface area (Å²) in [6.07, 6.45) is 3.69. The standard InChI is InChI=1S/C10H8N2O2/c1-7-2-3-8(9(6-13)12-7)10-11-4-5-14-10/h2-6H,1H3. The number of hydrogen-bond acceptors (Lipinski definition) is 4. The van der Waals surface area contributed by atoms with Crippen LogP contribution in [0, 0.1) is 6.92 Å². The molecule has 4 nitrogen and oxygen atoms in total. The third kappa shape index (κ3) is 1.42. The van der Waals surface area contributed by atoms with E-state index in [4.69, 9.17) is 4.42 Å². The summed E-state index contributed by atoms with van der Waals surface area (Å²) >= 11 is 0. The molecular weight excluding hydrogens is 180 g/mol. The van der Waals surface area contributed by atoms with E-state index < -0.39 is 0 Å². The Morgan fingerprint density at radius 2 is 2.29 bits per heavy atom. The van der Waals surface area contributed by atoms with Crippen molar-refractivity contribution in [3.8, 4) is 11.5 Å². The average molecular weight is 188 g/mol. The fourth-order valence-corrected chi connectivity index (χ4v) is 1.20. The van der Waals surface area contributed by atoms with Gasteiger partial charge in [0, 0.05) is 5.69 Å². The number of carbonyl (C=O) groups excluding carboxylic acids is 1. The van der Waals surface area contributed by atoms with Crippen LogP contribution in [0.25, 0.3) is 11.5 Å². The molecule has 0 saturated heterocycles. The molecule has 2 rings (SSSR count). The van der Waals surface area contributed by atoms with Crippen molar-refractivity contribution in [1.82, 2.24) is 9.97 Å². The van der Waals surface area contributed by atoms with Gasteiger partial charge in [0.25, 0.3) is 0 Å². The zero-order valence-corrected chi connectivity index (χ0v) is 7.60. The van der Waals surface area contributed by atoms with Crippen LogP contribution < -0.4 is 0 Å². The molecule has 0 aliphatic carbocycles. The number of carbonyl (C=O) groups is 1. The molecule has 0 amide bonds. The first-order chi connectivity index (χ1) is 6.81. The van der Waals surface area contributed by atoms with Crippen molar-refractivity contribution in [3.63, 3.8) is 0 Å². The van der Waals surface area contributed by atoms with Crippen molar-refractivity contribution >= 4 is 6.29 Å². The highest BCUT2D eigenvalue weighted by Crippen LogP contribution is 2.19. The molecule has 0 spiro atoms. The summed E-state index contributed by atoms with van der Waals surface area (Å²) in [5, 5.41) is 0. The van der Waals surface area contributed by atoms with E-state index in [-0.39, 0.29) is 0 Å². The molecule has 0 atom stereocenters. The number of oxazole rings is 1. The number of aromatic nitrogens is 2. The lowest BCUT2D eigenvalue weighted by Gasteiger charge is -1.99. The summed E-state index contributed by atoms with van der Waals surface area (Å²) in [7, 11) is 0. The minimum absolute atomic E-state index is 0.354. The van der Waals surface area contributed by atoms with E-state index in [0.717, 1.165) is 5.69 Å². The van der Waals surface area contributed by atoms with Gasteiger partial charge >= 0.3 is 0 Å². The normalized spacial score (nSPS) is 10.1. The number of aldehydes is 1. The summed E-state index contributed by atoms with van der Waals surface area (Å²) in [5.41, 5.74) is 1.77. The Bertz CT molecular complexity index is 449. The van der Waals surface area contributed by atoms with Gasteiger partial charge in [-0.3, -0.25) is 4.79 Å². The lowest BCUT2D eigenvalue weighted by molar-refractivity contribution is 0.111. The third-order valence-electron chi connectivity index (χ3n) is 1.84. The second kappa shape index (κ2) is 3.41. The van der Waals surface area contributed by atoms with Crippen molar-refractivity contribution in [2.45, 2.75) is 6.92 Å². The van der Waals surface area contributed by atoms with Crippen molar-refractivity contribution in [2.24, 2.45) is 0 Å². The highest BCUT2D eigenvalue weighted by atomic mass is 16.3. The molecule has 2 aromatic heterocycles. The van der Waals surface area contributed by atoms with Crippen molar-refractivity contribution in [3.05, 3.63) is 36.0 Å². The topological polar surface area (TPSA) is 56.0 Å². The lowest BCUT2D eigenvalue weighted by atomic mass is 10.2. The quantitative estimate of drug-likeness (QED) is 0.675. The van der Waals surface area contributed by atoms with Crippen LogP contribution in [0.15, 0.2) is 29.0 Å². The zero-order valence-electron chi connectivity index (χ0n) is 7.60. The molecule has 70 valence electrons. The molecule has 0 aromatic carbocycles. The van der Waals surface area contributed by atoms with Crippen molar-refractivity contribution in [2.75, 3.05) is 0 Å². The molecule has 4 heteroatoms. The molecule has 0 fully saturated rings. The second-order valence-electron chi connectivity index (χ2n) is 2.84. The van der Waals surface area contributed by atoms with Gasteiger partial charge in [-0.25, -0.2) is 9.97 Å². The van der Waals surface area contributed by atoms with E-state index >= 15 is 0 Å². The van der Waals surface area contributed by atoms with Gasteiger partial charge in [0.2, 0.25) is 5.89 Å². The maximum atomic E-state index is 10.7. The van der Waals surface area contributed by atoms with Crippen LogP contribution in [0.5, 0.6) is 0 Å². The number of aryl methyl sites for hydroxylation is 1. The number of nitrogens with zero attached hydrogens (tertiary/aromatic N) is 2. The van der Waals surface area contributed by atoms with Crippen LogP contribution in [-0.4, -0.2) is 16.3 Å². The second-order valence-corrected chi connectivity index (χ2v) is 2.84. The van der Waals surface area contributed by atoms with E-state index in [1.54, 1.807) is 6.07 Å². The van der Waals surface area contributed by atoms with Crippen LogP contribution >= 0.6 is 0 Å². The molecule has 0 aliphatic heterocycles. The number of hydrogen-bond donors (Lipinski definition) is 0. The highest BCUT2D eigenvalue weighted by molar-refractivity contribution is 5.82. The summed E-state index contributed by atoms with van der Waals surface area (Å²) in [6.45, 7) is 1.83. The van der Waals surface area contributed by atoms with E-state index in [1.807, 2.05) is 13.0 Å². The molecule has 2 heterocycles. The fourth-order valence-electron chi connectivity index (χ4n) is 1.20. The van der Waals surface area contributed by atoms with Gasteiger partial charge < -0.3 is 4.42 Å². The minimum Gasteiger partial charge on any atom is -0.444 e. The van der Waals surface area contributed by atoms with Crippen LogP contribution in [-0.2, 0) is 0 Å². The molecule has 0 bridgehead atoms. The molecular formula is C10H8N2O2. The Balaban J connectivity index is 2.58. The van der Waals surface area contributed by atoms with E-state index in [1.165, 1.54) is 12.5 Å². The van der Waals surface area contributed by atoms with Crippen LogP contribution in [0.2, 0.25) is 0 Å². The first-order valence-corrected chi connectivity index (χ1v) is 4.14. The van der Waals surface area contributed by atoms with Crippen LogP contribution in [0.1, 0.15) is 16.2 Å². The predicted molar refractivity (Wildman–Crippen MR) is 49.9 cm³/mol. The molecule has 2 aromatic rings. The van der Waals surface area contributed by atoms with Crippen LogP contribution in [0.4, 0.5) is 0 Å². The zero-order chi connectivity index (χ0) is 9.97. The number of rotatable bonds is 2. The Morgan fingerprint density at radius 3 is 2.93 bits per heavy atom. The monoisotopic (exact) mass is 188 g/mol. The molecule has 0 radical (unpaired) electrons. The van der Waals surface area contributed by atoms with Gasteiger partial charge in [-0.05, 0) is 19.1 Å². The van der Waals surface area contributed by atoms with Gasteiger partial charge in [-0.1, -0.05) is 0 Å². The highest BCUT2D eigenvalue weighted by Gasteiger charge is 2.09. The first kappa shape index (κ1) is 8.62. The predicted octanol–water partition coefficient (Wildman–Crippen LogP) is 1.86. The van der Waals surface area contributed by atoms with Gasteiger partial charge in [0.1, 0.15) is 12.0 Å². The maximum absolute atomic E-state index is 10.7. The summed E-state index contributed by atoms with van der Waals surface area (Å²) < 4.78 is 5.09. The molecule has 0 aliphatic rings. The molecule has 0 unspecified atom stereocenters. The Hall–Kier alpha value is -1.97. The van der Waals surface area contributed by atoms with Gasteiger partial charge in [0.15, 0.2) is 6.29 Å². The van der Waals surface area contributed by atoms with Gasteiger partial charge in [-0.15, -0.1) is 0 Å². The van der Waals surface area contributed by atoms with E-state index in [2.05, 4.69) is 9.97 Å². The van der Waals surface area contributed by atoms with Gasteiger partial charge in [0.05, 0.1) is 11.8 Å². The molecule has 14 heavy (non-hydrogen) atoms. The smallest absolute Gasteiger partial charge is 0.228 e. The number of pyridine rings is 1. The lowest BCUT2D eigenvalue weighted by Crippen LogP contribution is -1.94. The van der Waals surface area contributed by atoms with Crippen molar-refractivity contribution in [1.29, 1.82) is 0 Å². The molecule has 0 saturated carbocycles. The first-order valence-electron chi connectivity index (χ1n) is 4.14. The Labute approximate surface area is 80.6 Å².